The Balaban J connectivity index is 1.79. The maximum Gasteiger partial charge on any atom is 0.157 e. The molecule has 2 saturated heterocycles. The van der Waals surface area contributed by atoms with Crippen LogP contribution in [-0.4, -0.2) is 47.6 Å². The predicted molar refractivity (Wildman–Crippen MR) is 77.4 cm³/mol. The zero-order valence-electron chi connectivity index (χ0n) is 11.2. The largest absolute Gasteiger partial charge is 0.393 e. The van der Waals surface area contributed by atoms with Crippen LogP contribution in [0.2, 0.25) is 5.15 Å². The molecule has 2 atom stereocenters. The average Bonchev–Trinajstić information content (AvgIpc) is 2.42. The van der Waals surface area contributed by atoms with Crippen LogP contribution in [0.15, 0.2) is 6.33 Å². The van der Waals surface area contributed by atoms with E-state index in [1.807, 2.05) is 0 Å². The van der Waals surface area contributed by atoms with Gasteiger partial charge < -0.3 is 15.5 Å². The molecule has 2 N–H and O–H groups in total. The fourth-order valence-electron chi connectivity index (χ4n) is 3.46. The second-order valence-corrected chi connectivity index (χ2v) is 5.94. The van der Waals surface area contributed by atoms with Crippen molar-refractivity contribution in [3.05, 3.63) is 11.5 Å². The summed E-state index contributed by atoms with van der Waals surface area (Å²) >= 11 is 5.98. The van der Waals surface area contributed by atoms with E-state index in [1.54, 1.807) is 0 Å². The number of hydrogen-bond acceptors (Lipinski definition) is 5. The Morgan fingerprint density at radius 3 is 3.00 bits per heavy atom. The van der Waals surface area contributed by atoms with Crippen LogP contribution in [0.1, 0.15) is 19.3 Å². The van der Waals surface area contributed by atoms with Gasteiger partial charge in [-0.3, -0.25) is 0 Å². The van der Waals surface area contributed by atoms with Gasteiger partial charge in [-0.05, 0) is 38.8 Å². The molecule has 0 bridgehead atoms. The normalized spacial score (nSPS) is 28.2. The first-order chi connectivity index (χ1) is 9.16. The molecule has 1 aromatic rings. The summed E-state index contributed by atoms with van der Waals surface area (Å²) in [5.74, 6) is 1.51. The highest BCUT2D eigenvalue weighted by Crippen LogP contribution is 2.34. The Labute approximate surface area is 118 Å². The zero-order valence-corrected chi connectivity index (χ0v) is 12.0. The van der Waals surface area contributed by atoms with Gasteiger partial charge in [-0.15, -0.1) is 0 Å². The number of nitrogen functional groups attached to an aromatic ring is 1. The maximum absolute atomic E-state index is 6.00. The minimum absolute atomic E-state index is 0.355. The SMILES string of the molecule is CN1CCCC2CN(c3ncnc(Cl)c3N)CCC21. The summed E-state index contributed by atoms with van der Waals surface area (Å²) in [4.78, 5) is 13.0. The van der Waals surface area contributed by atoms with Crippen LogP contribution in [0.4, 0.5) is 11.5 Å². The van der Waals surface area contributed by atoms with Gasteiger partial charge in [0.05, 0.1) is 0 Å². The molecule has 2 unspecified atom stereocenters. The molecule has 0 saturated carbocycles. The molecule has 0 aliphatic carbocycles. The molecule has 2 fully saturated rings. The fourth-order valence-corrected chi connectivity index (χ4v) is 3.59. The maximum atomic E-state index is 6.00. The minimum atomic E-state index is 0.355. The molecule has 0 spiro atoms. The van der Waals surface area contributed by atoms with E-state index in [0.717, 1.165) is 18.9 Å². The topological polar surface area (TPSA) is 58.3 Å². The Kier molecular flexibility index (Phi) is 3.50. The number of nitrogens with two attached hydrogens (primary N) is 1. The van der Waals surface area contributed by atoms with Crippen molar-refractivity contribution in [3.8, 4) is 0 Å². The molecule has 1 aromatic heterocycles. The molecule has 0 radical (unpaired) electrons. The summed E-state index contributed by atoms with van der Waals surface area (Å²) in [7, 11) is 2.24. The quantitative estimate of drug-likeness (QED) is 0.793. The van der Waals surface area contributed by atoms with Crippen molar-refractivity contribution in [1.29, 1.82) is 0 Å². The van der Waals surface area contributed by atoms with Crippen molar-refractivity contribution in [2.45, 2.75) is 25.3 Å². The van der Waals surface area contributed by atoms with Gasteiger partial charge in [-0.25, -0.2) is 9.97 Å². The lowest BCUT2D eigenvalue weighted by Crippen LogP contribution is -2.53. The number of likely N-dealkylation sites (tertiary alicyclic amines) is 1. The van der Waals surface area contributed by atoms with Gasteiger partial charge in [0, 0.05) is 19.1 Å². The predicted octanol–water partition coefficient (Wildman–Crippen LogP) is 1.63. The molecule has 3 rings (SSSR count). The van der Waals surface area contributed by atoms with E-state index in [2.05, 4.69) is 26.8 Å². The molecule has 6 heteroatoms. The molecule has 5 nitrogen and oxygen atoms in total. The molecule has 3 heterocycles. The number of nitrogens with zero attached hydrogens (tertiary/aromatic N) is 4. The molecule has 104 valence electrons. The van der Waals surface area contributed by atoms with E-state index in [1.165, 1.54) is 32.1 Å². The Hall–Kier alpha value is -1.07. The van der Waals surface area contributed by atoms with E-state index >= 15 is 0 Å². The number of aromatic nitrogens is 2. The van der Waals surface area contributed by atoms with Crippen LogP contribution in [-0.2, 0) is 0 Å². The number of halogens is 1. The zero-order chi connectivity index (χ0) is 13.4. The highest BCUT2D eigenvalue weighted by molar-refractivity contribution is 6.32. The first-order valence-electron chi connectivity index (χ1n) is 6.88. The Morgan fingerprint density at radius 2 is 2.16 bits per heavy atom. The third-order valence-electron chi connectivity index (χ3n) is 4.46. The van der Waals surface area contributed by atoms with Gasteiger partial charge in [-0.1, -0.05) is 11.6 Å². The van der Waals surface area contributed by atoms with Crippen molar-refractivity contribution in [3.63, 3.8) is 0 Å². The third kappa shape index (κ3) is 2.37. The van der Waals surface area contributed by atoms with Gasteiger partial charge >= 0.3 is 0 Å². The molecule has 0 aromatic carbocycles. The number of rotatable bonds is 1. The lowest BCUT2D eigenvalue weighted by molar-refractivity contribution is 0.102. The van der Waals surface area contributed by atoms with E-state index < -0.39 is 0 Å². The van der Waals surface area contributed by atoms with Crippen LogP contribution in [0.5, 0.6) is 0 Å². The highest BCUT2D eigenvalue weighted by Gasteiger charge is 2.35. The van der Waals surface area contributed by atoms with E-state index in [4.69, 9.17) is 17.3 Å². The van der Waals surface area contributed by atoms with E-state index in [-0.39, 0.29) is 0 Å². The number of hydrogen-bond donors (Lipinski definition) is 1. The summed E-state index contributed by atoms with van der Waals surface area (Å²) in [5.41, 5.74) is 6.51. The number of fused-ring (bicyclic) bond motifs is 1. The van der Waals surface area contributed by atoms with Gasteiger partial charge in [0.2, 0.25) is 0 Å². The lowest BCUT2D eigenvalue weighted by Gasteiger charge is -2.46. The fraction of sp³-hybridized carbons (Fsp3) is 0.692. The van der Waals surface area contributed by atoms with Crippen LogP contribution >= 0.6 is 11.6 Å². The first-order valence-corrected chi connectivity index (χ1v) is 7.26. The molecule has 19 heavy (non-hydrogen) atoms. The summed E-state index contributed by atoms with van der Waals surface area (Å²) < 4.78 is 0. The molecular formula is C13H20ClN5. The summed E-state index contributed by atoms with van der Waals surface area (Å²) in [6.07, 6.45) is 5.24. The van der Waals surface area contributed by atoms with Crippen molar-refractivity contribution in [2.75, 3.05) is 37.3 Å². The smallest absolute Gasteiger partial charge is 0.157 e. The second kappa shape index (κ2) is 5.13. The minimum Gasteiger partial charge on any atom is -0.393 e. The van der Waals surface area contributed by atoms with Crippen LogP contribution in [0.25, 0.3) is 0 Å². The first kappa shape index (κ1) is 12.9. The Morgan fingerprint density at radius 1 is 1.32 bits per heavy atom. The van der Waals surface area contributed by atoms with Gasteiger partial charge in [0.25, 0.3) is 0 Å². The monoisotopic (exact) mass is 281 g/mol. The van der Waals surface area contributed by atoms with Crippen LogP contribution in [0, 0.1) is 5.92 Å². The van der Waals surface area contributed by atoms with Crippen molar-refractivity contribution >= 4 is 23.1 Å². The number of anilines is 2. The van der Waals surface area contributed by atoms with Crippen LogP contribution < -0.4 is 10.6 Å². The van der Waals surface area contributed by atoms with E-state index in [0.29, 0.717) is 22.8 Å². The third-order valence-corrected chi connectivity index (χ3v) is 4.76. The lowest BCUT2D eigenvalue weighted by atomic mass is 9.84. The summed E-state index contributed by atoms with van der Waals surface area (Å²) in [6, 6.07) is 0.712. The van der Waals surface area contributed by atoms with Crippen LogP contribution in [0.3, 0.4) is 0 Å². The molecule has 2 aliphatic rings. The molecule has 0 amide bonds. The van der Waals surface area contributed by atoms with Crippen molar-refractivity contribution in [2.24, 2.45) is 5.92 Å². The molecular weight excluding hydrogens is 262 g/mol. The van der Waals surface area contributed by atoms with E-state index in [9.17, 15) is 0 Å². The number of piperidine rings is 2. The highest BCUT2D eigenvalue weighted by atomic mass is 35.5. The molecule has 2 aliphatic heterocycles. The summed E-state index contributed by atoms with van der Waals surface area (Å²) in [6.45, 7) is 3.23. The summed E-state index contributed by atoms with van der Waals surface area (Å²) in [5, 5.41) is 0.355. The van der Waals surface area contributed by atoms with Gasteiger partial charge in [-0.2, -0.15) is 0 Å². The second-order valence-electron chi connectivity index (χ2n) is 5.59. The van der Waals surface area contributed by atoms with Gasteiger partial charge in [0.1, 0.15) is 12.0 Å². The van der Waals surface area contributed by atoms with Crippen molar-refractivity contribution < 1.29 is 0 Å². The van der Waals surface area contributed by atoms with Crippen molar-refractivity contribution in [1.82, 2.24) is 14.9 Å². The van der Waals surface area contributed by atoms with Gasteiger partial charge in [0.15, 0.2) is 11.0 Å². The standard InChI is InChI=1S/C13H20ClN5/c1-18-5-2-3-9-7-19(6-4-10(9)18)13-11(15)12(14)16-8-17-13/h8-10H,2-7,15H2,1H3. The average molecular weight is 282 g/mol. The Bertz CT molecular complexity index is 466.